The molecule has 0 radical (unpaired) electrons. The van der Waals surface area contributed by atoms with Crippen LogP contribution in [0.2, 0.25) is 0 Å². The quantitative estimate of drug-likeness (QED) is 0.800. The lowest BCUT2D eigenvalue weighted by atomic mass is 10.0. The molecule has 0 aromatic rings. The van der Waals surface area contributed by atoms with Gasteiger partial charge in [0.1, 0.15) is 0 Å². The molecule has 1 aliphatic carbocycles. The average Bonchev–Trinajstić information content (AvgIpc) is 2.65. The van der Waals surface area contributed by atoms with Crippen molar-refractivity contribution in [3.63, 3.8) is 0 Å². The Balaban J connectivity index is 1.89. The van der Waals surface area contributed by atoms with Gasteiger partial charge in [-0.1, -0.05) is 12.8 Å². The third kappa shape index (κ3) is 2.99. The number of hydrogen-bond acceptors (Lipinski definition) is 2. The van der Waals surface area contributed by atoms with E-state index >= 15 is 0 Å². The van der Waals surface area contributed by atoms with Crippen LogP contribution in [0.5, 0.6) is 0 Å². The first-order chi connectivity index (χ1) is 8.18. The summed E-state index contributed by atoms with van der Waals surface area (Å²) in [5, 5.41) is 8.94. The van der Waals surface area contributed by atoms with Gasteiger partial charge in [-0.25, -0.2) is 0 Å². The monoisotopic (exact) mass is 239 g/mol. The van der Waals surface area contributed by atoms with Crippen LogP contribution in [0.25, 0.3) is 0 Å². The van der Waals surface area contributed by atoms with Crippen molar-refractivity contribution in [3.8, 4) is 0 Å². The third-order valence-electron chi connectivity index (χ3n) is 4.05. The average molecular weight is 239 g/mol. The van der Waals surface area contributed by atoms with Crippen LogP contribution in [0.4, 0.5) is 0 Å². The Hall–Kier alpha value is -1.06. The molecule has 96 valence electrons. The summed E-state index contributed by atoms with van der Waals surface area (Å²) >= 11 is 0. The Bertz CT molecular complexity index is 295. The number of carboxylic acid groups (broad SMARTS) is 1. The van der Waals surface area contributed by atoms with Crippen LogP contribution in [0.15, 0.2) is 0 Å². The Morgan fingerprint density at radius 2 is 1.53 bits per heavy atom. The van der Waals surface area contributed by atoms with Crippen molar-refractivity contribution in [1.82, 2.24) is 4.90 Å². The van der Waals surface area contributed by atoms with Crippen molar-refractivity contribution in [1.29, 1.82) is 0 Å². The van der Waals surface area contributed by atoms with E-state index in [-0.39, 0.29) is 17.7 Å². The van der Waals surface area contributed by atoms with Crippen LogP contribution in [0.1, 0.15) is 44.9 Å². The van der Waals surface area contributed by atoms with Gasteiger partial charge in [-0.3, -0.25) is 9.59 Å². The zero-order valence-corrected chi connectivity index (χ0v) is 10.2. The fraction of sp³-hybridized carbons (Fsp3) is 0.846. The summed E-state index contributed by atoms with van der Waals surface area (Å²) in [6, 6.07) is 0. The molecule has 4 heteroatoms. The van der Waals surface area contributed by atoms with Gasteiger partial charge in [0, 0.05) is 19.0 Å². The molecule has 2 atom stereocenters. The third-order valence-corrected chi connectivity index (χ3v) is 4.05. The minimum Gasteiger partial charge on any atom is -0.481 e. The van der Waals surface area contributed by atoms with Crippen LogP contribution in [-0.2, 0) is 9.59 Å². The first-order valence-corrected chi connectivity index (χ1v) is 6.70. The summed E-state index contributed by atoms with van der Waals surface area (Å²) in [5.41, 5.74) is 0. The predicted molar refractivity (Wildman–Crippen MR) is 63.5 cm³/mol. The standard InChI is InChI=1S/C13H21NO3/c15-12(14-7-3-1-2-4-8-14)10-5-6-11(9-10)13(16)17/h10-11H,1-9H2,(H,16,17)/t10-,11+/m0/s1. The van der Waals surface area contributed by atoms with Gasteiger partial charge < -0.3 is 10.0 Å². The highest BCUT2D eigenvalue weighted by atomic mass is 16.4. The van der Waals surface area contributed by atoms with E-state index in [0.717, 1.165) is 32.4 Å². The Kier molecular flexibility index (Phi) is 4.02. The molecule has 0 unspecified atom stereocenters. The molecule has 2 fully saturated rings. The molecule has 17 heavy (non-hydrogen) atoms. The van der Waals surface area contributed by atoms with Gasteiger partial charge in [0.2, 0.25) is 5.91 Å². The largest absolute Gasteiger partial charge is 0.481 e. The predicted octanol–water partition coefficient (Wildman–Crippen LogP) is 1.89. The molecule has 0 spiro atoms. The van der Waals surface area contributed by atoms with Crippen LogP contribution in [0, 0.1) is 11.8 Å². The van der Waals surface area contributed by atoms with E-state index < -0.39 is 5.97 Å². The highest BCUT2D eigenvalue weighted by Gasteiger charge is 2.35. The van der Waals surface area contributed by atoms with Gasteiger partial charge in [0.25, 0.3) is 0 Å². The first kappa shape index (κ1) is 12.4. The van der Waals surface area contributed by atoms with Crippen LogP contribution in [-0.4, -0.2) is 35.0 Å². The number of amides is 1. The van der Waals surface area contributed by atoms with Crippen molar-refractivity contribution in [2.45, 2.75) is 44.9 Å². The minimum atomic E-state index is -0.740. The summed E-state index contributed by atoms with van der Waals surface area (Å²) in [7, 11) is 0. The fourth-order valence-electron chi connectivity index (χ4n) is 2.98. The van der Waals surface area contributed by atoms with Crippen LogP contribution < -0.4 is 0 Å². The molecule has 1 saturated carbocycles. The smallest absolute Gasteiger partial charge is 0.306 e. The second-order valence-corrected chi connectivity index (χ2v) is 5.28. The number of nitrogens with zero attached hydrogens (tertiary/aromatic N) is 1. The topological polar surface area (TPSA) is 57.6 Å². The van der Waals surface area contributed by atoms with Crippen LogP contribution >= 0.6 is 0 Å². The van der Waals surface area contributed by atoms with Gasteiger partial charge >= 0.3 is 5.97 Å². The Morgan fingerprint density at radius 3 is 2.06 bits per heavy atom. The summed E-state index contributed by atoms with van der Waals surface area (Å²) in [6.07, 6.45) is 6.59. The number of carbonyl (C=O) groups excluding carboxylic acids is 1. The van der Waals surface area contributed by atoms with E-state index in [2.05, 4.69) is 0 Å². The summed E-state index contributed by atoms with van der Waals surface area (Å²) in [6.45, 7) is 1.74. The normalized spacial score (nSPS) is 30.0. The second-order valence-electron chi connectivity index (χ2n) is 5.28. The number of hydrogen-bond donors (Lipinski definition) is 1. The van der Waals surface area contributed by atoms with E-state index in [1.54, 1.807) is 0 Å². The maximum absolute atomic E-state index is 12.3. The van der Waals surface area contributed by atoms with Gasteiger partial charge in [-0.2, -0.15) is 0 Å². The van der Waals surface area contributed by atoms with Crippen LogP contribution in [0.3, 0.4) is 0 Å². The summed E-state index contributed by atoms with van der Waals surface area (Å²) in [5.74, 6) is -0.864. The number of aliphatic carboxylic acids is 1. The number of carbonyl (C=O) groups is 2. The molecular formula is C13H21NO3. The molecular weight excluding hydrogens is 218 g/mol. The van der Waals surface area contributed by atoms with Crippen molar-refractivity contribution in [3.05, 3.63) is 0 Å². The molecule has 1 amide bonds. The lowest BCUT2D eigenvalue weighted by molar-refractivity contribution is -0.141. The molecule has 0 aromatic heterocycles. The molecule has 1 saturated heterocycles. The Morgan fingerprint density at radius 1 is 0.941 bits per heavy atom. The minimum absolute atomic E-state index is 0.0331. The van der Waals surface area contributed by atoms with E-state index in [9.17, 15) is 9.59 Å². The first-order valence-electron chi connectivity index (χ1n) is 6.70. The Labute approximate surface area is 102 Å². The molecule has 0 bridgehead atoms. The van der Waals surface area contributed by atoms with Gasteiger partial charge in [-0.15, -0.1) is 0 Å². The highest BCUT2D eigenvalue weighted by Crippen LogP contribution is 2.32. The molecule has 1 N–H and O–H groups in total. The van der Waals surface area contributed by atoms with E-state index in [4.69, 9.17) is 5.11 Å². The lowest BCUT2D eigenvalue weighted by Crippen LogP contribution is -2.36. The van der Waals surface area contributed by atoms with Gasteiger partial charge in [-0.05, 0) is 32.1 Å². The van der Waals surface area contributed by atoms with E-state index in [1.165, 1.54) is 12.8 Å². The number of rotatable bonds is 2. The summed E-state index contributed by atoms with van der Waals surface area (Å²) in [4.78, 5) is 25.1. The molecule has 1 aliphatic heterocycles. The van der Waals surface area contributed by atoms with Crippen molar-refractivity contribution < 1.29 is 14.7 Å². The fourth-order valence-corrected chi connectivity index (χ4v) is 2.98. The van der Waals surface area contributed by atoms with Crippen molar-refractivity contribution in [2.75, 3.05) is 13.1 Å². The zero-order valence-electron chi connectivity index (χ0n) is 10.2. The molecule has 2 aliphatic rings. The maximum Gasteiger partial charge on any atom is 0.306 e. The lowest BCUT2D eigenvalue weighted by Gasteiger charge is -2.23. The number of carboxylic acids is 1. The van der Waals surface area contributed by atoms with E-state index in [1.807, 2.05) is 4.90 Å². The number of likely N-dealkylation sites (tertiary alicyclic amines) is 1. The van der Waals surface area contributed by atoms with E-state index in [0.29, 0.717) is 12.8 Å². The van der Waals surface area contributed by atoms with Gasteiger partial charge in [0.15, 0.2) is 0 Å². The summed E-state index contributed by atoms with van der Waals surface area (Å²) < 4.78 is 0. The zero-order chi connectivity index (χ0) is 12.3. The molecule has 2 rings (SSSR count). The van der Waals surface area contributed by atoms with Crippen molar-refractivity contribution in [2.24, 2.45) is 11.8 Å². The highest BCUT2D eigenvalue weighted by molar-refractivity contribution is 5.81. The van der Waals surface area contributed by atoms with Gasteiger partial charge in [0.05, 0.1) is 5.92 Å². The molecule has 0 aromatic carbocycles. The van der Waals surface area contributed by atoms with Crippen molar-refractivity contribution >= 4 is 11.9 Å². The molecule has 4 nitrogen and oxygen atoms in total. The molecule has 1 heterocycles. The maximum atomic E-state index is 12.3. The second kappa shape index (κ2) is 5.52. The SMILES string of the molecule is O=C(O)[C@@H]1CC[C@H](C(=O)N2CCCCCC2)C1.